The van der Waals surface area contributed by atoms with E-state index in [0.29, 0.717) is 19.4 Å². The topological polar surface area (TPSA) is 61.8 Å². The van der Waals surface area contributed by atoms with Gasteiger partial charge in [0.2, 0.25) is 0 Å². The lowest BCUT2D eigenvalue weighted by Gasteiger charge is -2.18. The van der Waals surface area contributed by atoms with Crippen molar-refractivity contribution in [2.24, 2.45) is 0 Å². The predicted molar refractivity (Wildman–Crippen MR) is 288 cm³/mol. The number of hydrogen-bond acceptors (Lipinski definition) is 5. The summed E-state index contributed by atoms with van der Waals surface area (Å²) in [6.45, 7) is 7.29. The Labute approximate surface area is 405 Å². The molecule has 5 nitrogen and oxygen atoms in total. The van der Waals surface area contributed by atoms with E-state index in [4.69, 9.17) is 14.2 Å². The Hall–Kier alpha value is -4.48. The Balaban J connectivity index is 4.52. The zero-order valence-corrected chi connectivity index (χ0v) is 42.1. The monoisotopic (exact) mass is 907 g/mol. The van der Waals surface area contributed by atoms with E-state index >= 15 is 0 Å². The Morgan fingerprint density at radius 3 is 1.08 bits per heavy atom. The van der Waals surface area contributed by atoms with E-state index in [0.717, 1.165) is 141 Å². The smallest absolute Gasteiger partial charge is 0.306 e. The first kappa shape index (κ1) is 61.5. The molecule has 0 spiro atoms. The van der Waals surface area contributed by atoms with Crippen molar-refractivity contribution >= 4 is 11.9 Å². The van der Waals surface area contributed by atoms with Crippen LogP contribution >= 0.6 is 0 Å². The van der Waals surface area contributed by atoms with E-state index < -0.39 is 6.10 Å². The molecule has 0 heterocycles. The van der Waals surface area contributed by atoms with Crippen LogP contribution in [0.15, 0.2) is 158 Å². The number of unbranched alkanes of at least 4 members (excludes halogenated alkanes) is 8. The molecule has 1 unspecified atom stereocenters. The number of carbonyl (C=O) groups is 2. The first-order valence-corrected chi connectivity index (χ1v) is 26.0. The molecule has 0 aromatic rings. The number of rotatable bonds is 45. The minimum atomic E-state index is -0.605. The minimum Gasteiger partial charge on any atom is -0.462 e. The number of carbonyl (C=O) groups excluding carboxylic acids is 2. The molecule has 1 atom stereocenters. The molecule has 368 valence electrons. The van der Waals surface area contributed by atoms with Crippen LogP contribution in [-0.2, 0) is 23.8 Å². The molecular formula is C61H94O5. The van der Waals surface area contributed by atoms with Crippen LogP contribution in [0.1, 0.15) is 188 Å². The summed E-state index contributed by atoms with van der Waals surface area (Å²) < 4.78 is 17.3. The van der Waals surface area contributed by atoms with Crippen molar-refractivity contribution in [1.82, 2.24) is 0 Å². The number of hydrogen-bond donors (Lipinski definition) is 0. The second-order valence-electron chi connectivity index (χ2n) is 16.3. The molecule has 0 saturated heterocycles. The number of allylic oxidation sites excluding steroid dienone is 26. The van der Waals surface area contributed by atoms with Gasteiger partial charge in [0.25, 0.3) is 0 Å². The van der Waals surface area contributed by atoms with Crippen LogP contribution in [0, 0.1) is 0 Å². The van der Waals surface area contributed by atoms with Crippen LogP contribution in [0.4, 0.5) is 0 Å². The second kappa shape index (κ2) is 54.9. The van der Waals surface area contributed by atoms with Gasteiger partial charge in [0.15, 0.2) is 6.10 Å². The Morgan fingerprint density at radius 1 is 0.333 bits per heavy atom. The standard InChI is InChI=1S/C61H94O5/c1-4-7-10-13-16-19-22-25-28-30-31-32-34-36-39-42-45-48-51-54-60(62)65-58-59(57-64-56-53-50-47-44-41-38-35-29-26-23-20-17-14-11-8-5-2)66-61(63)55-52-49-46-43-40-37-33-27-24-21-18-15-12-9-6-3/h7-12,16-21,25-29,31-33,36,38-39,41,45,48,59H,4-6,13-15,22-24,30,34-35,37,40,42-44,46-47,49-58H2,1-3H3/b10-7-,11-8-,12-9-,19-16-,20-17-,21-18-,28-25-,29-26-,32-31-,33-27-,39-36-,41-38-,48-45-. The first-order chi connectivity index (χ1) is 32.6. The van der Waals surface area contributed by atoms with Crippen LogP contribution in [0.25, 0.3) is 0 Å². The average Bonchev–Trinajstić information content (AvgIpc) is 3.32. The number of ether oxygens (including phenoxy) is 3. The maximum Gasteiger partial charge on any atom is 0.306 e. The van der Waals surface area contributed by atoms with Crippen molar-refractivity contribution < 1.29 is 23.8 Å². The molecule has 0 rings (SSSR count). The van der Waals surface area contributed by atoms with Gasteiger partial charge < -0.3 is 14.2 Å². The van der Waals surface area contributed by atoms with E-state index in [9.17, 15) is 9.59 Å². The molecule has 0 aliphatic heterocycles. The lowest BCUT2D eigenvalue weighted by molar-refractivity contribution is -0.162. The van der Waals surface area contributed by atoms with E-state index in [2.05, 4.69) is 173 Å². The highest BCUT2D eigenvalue weighted by atomic mass is 16.6. The molecule has 0 fully saturated rings. The van der Waals surface area contributed by atoms with E-state index in [1.165, 1.54) is 6.42 Å². The van der Waals surface area contributed by atoms with Crippen molar-refractivity contribution in [3.8, 4) is 0 Å². The van der Waals surface area contributed by atoms with Gasteiger partial charge >= 0.3 is 11.9 Å². The Kier molecular flexibility index (Phi) is 51.1. The molecule has 0 amide bonds. The quantitative estimate of drug-likeness (QED) is 0.0346. The zero-order chi connectivity index (χ0) is 47.7. The Morgan fingerprint density at radius 2 is 0.667 bits per heavy atom. The van der Waals surface area contributed by atoms with E-state index in [1.54, 1.807) is 0 Å². The highest BCUT2D eigenvalue weighted by Crippen LogP contribution is 2.11. The van der Waals surface area contributed by atoms with Gasteiger partial charge in [-0.25, -0.2) is 0 Å². The second-order valence-corrected chi connectivity index (χ2v) is 16.3. The lowest BCUT2D eigenvalue weighted by Crippen LogP contribution is -2.30. The van der Waals surface area contributed by atoms with Crippen LogP contribution < -0.4 is 0 Å². The fourth-order valence-electron chi connectivity index (χ4n) is 6.30. The third kappa shape index (κ3) is 52.1. The van der Waals surface area contributed by atoms with Gasteiger partial charge in [0.05, 0.1) is 6.61 Å². The maximum atomic E-state index is 12.8. The average molecular weight is 907 g/mol. The van der Waals surface area contributed by atoms with Gasteiger partial charge in [-0.2, -0.15) is 0 Å². The van der Waals surface area contributed by atoms with Crippen LogP contribution in [-0.4, -0.2) is 37.9 Å². The van der Waals surface area contributed by atoms with Gasteiger partial charge in [0.1, 0.15) is 6.61 Å². The summed E-state index contributed by atoms with van der Waals surface area (Å²) in [5.41, 5.74) is 0. The van der Waals surface area contributed by atoms with Gasteiger partial charge in [-0.3, -0.25) is 9.59 Å². The lowest BCUT2D eigenvalue weighted by atomic mass is 10.1. The van der Waals surface area contributed by atoms with Crippen molar-refractivity contribution in [1.29, 1.82) is 0 Å². The largest absolute Gasteiger partial charge is 0.462 e. The molecule has 0 aliphatic rings. The third-order valence-corrected chi connectivity index (χ3v) is 10.1. The molecule has 0 aliphatic carbocycles. The van der Waals surface area contributed by atoms with Gasteiger partial charge in [-0.15, -0.1) is 0 Å². The van der Waals surface area contributed by atoms with Crippen molar-refractivity contribution in [2.75, 3.05) is 19.8 Å². The first-order valence-electron chi connectivity index (χ1n) is 26.0. The normalized spacial score (nSPS) is 13.6. The fraction of sp³-hybridized carbons (Fsp3) is 0.541. The summed E-state index contributed by atoms with van der Waals surface area (Å²) in [4.78, 5) is 25.4. The zero-order valence-electron chi connectivity index (χ0n) is 42.1. The summed E-state index contributed by atoms with van der Waals surface area (Å²) >= 11 is 0. The van der Waals surface area contributed by atoms with Gasteiger partial charge in [0, 0.05) is 19.4 Å². The van der Waals surface area contributed by atoms with E-state index in [1.807, 2.05) is 6.08 Å². The van der Waals surface area contributed by atoms with E-state index in [-0.39, 0.29) is 31.6 Å². The van der Waals surface area contributed by atoms with Gasteiger partial charge in [-0.1, -0.05) is 204 Å². The van der Waals surface area contributed by atoms with Crippen LogP contribution in [0.5, 0.6) is 0 Å². The third-order valence-electron chi connectivity index (χ3n) is 10.1. The van der Waals surface area contributed by atoms with Crippen molar-refractivity contribution in [2.45, 2.75) is 194 Å². The van der Waals surface area contributed by atoms with Crippen LogP contribution in [0.3, 0.4) is 0 Å². The summed E-state index contributed by atoms with van der Waals surface area (Å²) in [7, 11) is 0. The summed E-state index contributed by atoms with van der Waals surface area (Å²) in [5.74, 6) is -0.547. The molecule has 66 heavy (non-hydrogen) atoms. The predicted octanol–water partition coefficient (Wildman–Crippen LogP) is 17.9. The fourth-order valence-corrected chi connectivity index (χ4v) is 6.30. The highest BCUT2D eigenvalue weighted by Gasteiger charge is 2.17. The molecule has 5 heteroatoms. The SMILES string of the molecule is CC/C=C\C/C=C\C/C=C\C/C=C\C/C=C\C/C=C\CCC(=O)OCC(COCCCCC/C=C\C/C=C\C/C=C\C/C=C\CC)OC(=O)CCCCCCC/C=C\C/C=C\C/C=C\CC. The molecule has 0 bridgehead atoms. The molecule has 0 N–H and O–H groups in total. The minimum absolute atomic E-state index is 0.0133. The molecular weight excluding hydrogens is 813 g/mol. The van der Waals surface area contributed by atoms with Crippen LogP contribution in [0.2, 0.25) is 0 Å². The maximum absolute atomic E-state index is 12.8. The molecule has 0 aromatic carbocycles. The van der Waals surface area contributed by atoms with Gasteiger partial charge in [-0.05, 0) is 128 Å². The summed E-state index contributed by atoms with van der Waals surface area (Å²) in [6.07, 6.45) is 81.2. The summed E-state index contributed by atoms with van der Waals surface area (Å²) in [5, 5.41) is 0. The Bertz CT molecular complexity index is 1490. The molecule has 0 aromatic heterocycles. The highest BCUT2D eigenvalue weighted by molar-refractivity contribution is 5.70. The molecule has 0 saturated carbocycles. The molecule has 0 radical (unpaired) electrons. The van der Waals surface area contributed by atoms with Crippen molar-refractivity contribution in [3.63, 3.8) is 0 Å². The van der Waals surface area contributed by atoms with Crippen molar-refractivity contribution in [3.05, 3.63) is 158 Å². The summed E-state index contributed by atoms with van der Waals surface area (Å²) in [6, 6.07) is 0. The number of esters is 2.